The molecule has 1 fully saturated rings. The van der Waals surface area contributed by atoms with Crippen LogP contribution >= 0.6 is 0 Å². The molecule has 0 spiro atoms. The van der Waals surface area contributed by atoms with E-state index >= 15 is 0 Å². The molecule has 2 heterocycles. The van der Waals surface area contributed by atoms with Gasteiger partial charge in [-0.3, -0.25) is 10.6 Å². The number of aromatic amines is 1. The Balaban J connectivity index is 1.11. The molecule has 1 saturated heterocycles. The van der Waals surface area contributed by atoms with Crippen molar-refractivity contribution in [2.75, 3.05) is 0 Å². The third-order valence-electron chi connectivity index (χ3n) is 13.2. The van der Waals surface area contributed by atoms with Crippen LogP contribution in [-0.2, 0) is 0 Å². The lowest BCUT2D eigenvalue weighted by molar-refractivity contribution is 0.194. The summed E-state index contributed by atoms with van der Waals surface area (Å²) < 4.78 is 0. The van der Waals surface area contributed by atoms with Crippen LogP contribution in [0.5, 0.6) is 0 Å². The maximum Gasteiger partial charge on any atom is 0.0845 e. The standard InChI is InChI=1S/C47H53N3/c1-31-44(33-17-7-3-8-18-33)49-47(34-19-9-4-10-20-34)50-45(31)36-25-26-41(46-38(27-28-48-46)32-15-5-2-6-16-32)43(30-36)42-29-35-21-11-12-22-37(35)39-23-13-14-24-40(39)42/h2-11,14-15,17,19-21,24,26-28,32-33,35-37,42-45,47-50H,1,12-13,16,18,22-23,25,29-30H2. The molecular formula is C47H53N3. The molecule has 7 aliphatic rings. The van der Waals surface area contributed by atoms with Crippen LogP contribution in [0, 0.1) is 35.5 Å². The maximum absolute atomic E-state index is 4.90. The Bertz CT molecular complexity index is 1820. The summed E-state index contributed by atoms with van der Waals surface area (Å²) in [5.41, 5.74) is 10.5. The number of allylic oxidation sites excluding steroid dienone is 15. The summed E-state index contributed by atoms with van der Waals surface area (Å²) in [6.45, 7) is 4.90. The zero-order valence-electron chi connectivity index (χ0n) is 29.4. The van der Waals surface area contributed by atoms with E-state index in [9.17, 15) is 0 Å². The number of fused-ring (bicyclic) bond motifs is 2. The van der Waals surface area contributed by atoms with Crippen LogP contribution in [0.1, 0.15) is 86.7 Å². The first-order valence-electron chi connectivity index (χ1n) is 19.6. The smallest absolute Gasteiger partial charge is 0.0845 e. The van der Waals surface area contributed by atoms with Gasteiger partial charge in [0, 0.05) is 29.9 Å². The van der Waals surface area contributed by atoms with Crippen LogP contribution < -0.4 is 10.6 Å². The van der Waals surface area contributed by atoms with Crippen LogP contribution in [0.25, 0.3) is 5.57 Å². The molecular weight excluding hydrogens is 607 g/mol. The highest BCUT2D eigenvalue weighted by atomic mass is 15.2. The van der Waals surface area contributed by atoms with Crippen molar-refractivity contribution in [3.63, 3.8) is 0 Å². The number of nitrogens with one attached hydrogen (secondary N) is 3. The van der Waals surface area contributed by atoms with Gasteiger partial charge >= 0.3 is 0 Å². The highest BCUT2D eigenvalue weighted by Gasteiger charge is 2.45. The van der Waals surface area contributed by atoms with E-state index in [0.717, 1.165) is 25.2 Å². The summed E-state index contributed by atoms with van der Waals surface area (Å²) in [5.74, 6) is 3.70. The summed E-state index contributed by atoms with van der Waals surface area (Å²) in [5, 5.41) is 8.18. The molecule has 0 saturated carbocycles. The van der Waals surface area contributed by atoms with Crippen molar-refractivity contribution >= 4 is 5.57 Å². The first kappa shape index (κ1) is 32.0. The average Bonchev–Trinajstić information content (AvgIpc) is 3.69. The minimum absolute atomic E-state index is 0.0967. The Kier molecular flexibility index (Phi) is 8.97. The van der Waals surface area contributed by atoms with E-state index in [4.69, 9.17) is 6.58 Å². The van der Waals surface area contributed by atoms with Crippen LogP contribution in [-0.4, -0.2) is 17.1 Å². The molecule has 2 aromatic rings. The van der Waals surface area contributed by atoms with Crippen molar-refractivity contribution in [3.8, 4) is 0 Å². The van der Waals surface area contributed by atoms with E-state index in [-0.39, 0.29) is 18.2 Å². The zero-order valence-corrected chi connectivity index (χ0v) is 29.4. The third-order valence-corrected chi connectivity index (χ3v) is 13.2. The lowest BCUT2D eigenvalue weighted by Gasteiger charge is -2.49. The minimum atomic E-state index is 0.0967. The van der Waals surface area contributed by atoms with Gasteiger partial charge in [0.05, 0.1) is 6.17 Å². The van der Waals surface area contributed by atoms with E-state index in [2.05, 4.69) is 137 Å². The molecule has 3 heteroatoms. The zero-order chi connectivity index (χ0) is 33.4. The fourth-order valence-electron chi connectivity index (χ4n) is 10.8. The second-order valence-electron chi connectivity index (χ2n) is 15.9. The number of benzene rings is 1. The molecule has 1 aromatic heterocycles. The summed E-state index contributed by atoms with van der Waals surface area (Å²) >= 11 is 0. The molecule has 0 bridgehead atoms. The molecule has 3 nitrogen and oxygen atoms in total. The number of H-pyrrole nitrogens is 1. The predicted octanol–water partition coefficient (Wildman–Crippen LogP) is 10.6. The topological polar surface area (TPSA) is 39.8 Å². The summed E-state index contributed by atoms with van der Waals surface area (Å²) in [7, 11) is 0. The van der Waals surface area contributed by atoms with E-state index in [1.54, 1.807) is 16.7 Å². The molecule has 10 atom stereocenters. The molecule has 0 radical (unpaired) electrons. The van der Waals surface area contributed by atoms with E-state index < -0.39 is 0 Å². The van der Waals surface area contributed by atoms with Crippen LogP contribution in [0.4, 0.5) is 0 Å². The number of hydrogen-bond acceptors (Lipinski definition) is 2. The summed E-state index contributed by atoms with van der Waals surface area (Å²) in [6, 6.07) is 13.8. The van der Waals surface area contributed by atoms with Gasteiger partial charge in [0.2, 0.25) is 0 Å². The van der Waals surface area contributed by atoms with Crippen molar-refractivity contribution in [1.82, 2.24) is 15.6 Å². The Hall–Kier alpha value is -3.92. The summed E-state index contributed by atoms with van der Waals surface area (Å²) in [6.07, 6.45) is 44.0. The normalized spacial score (nSPS) is 36.3. The molecule has 256 valence electrons. The van der Waals surface area contributed by atoms with Crippen LogP contribution in [0.15, 0.2) is 145 Å². The van der Waals surface area contributed by atoms with Crippen molar-refractivity contribution in [2.24, 2.45) is 35.5 Å². The molecule has 6 aliphatic carbocycles. The fourth-order valence-corrected chi connectivity index (χ4v) is 10.8. The van der Waals surface area contributed by atoms with Gasteiger partial charge in [-0.05, 0) is 127 Å². The molecule has 0 amide bonds. The Morgan fingerprint density at radius 1 is 0.700 bits per heavy atom. The Morgan fingerprint density at radius 3 is 2.40 bits per heavy atom. The van der Waals surface area contributed by atoms with E-state index in [0.29, 0.717) is 35.5 Å². The van der Waals surface area contributed by atoms with Crippen LogP contribution in [0.3, 0.4) is 0 Å². The van der Waals surface area contributed by atoms with Gasteiger partial charge in [0.15, 0.2) is 0 Å². The monoisotopic (exact) mass is 659 g/mol. The second kappa shape index (κ2) is 14.0. The molecule has 50 heavy (non-hydrogen) atoms. The molecule has 3 N–H and O–H groups in total. The third kappa shape index (κ3) is 5.97. The number of hydrogen-bond donors (Lipinski definition) is 3. The first-order valence-corrected chi connectivity index (χ1v) is 19.6. The van der Waals surface area contributed by atoms with Gasteiger partial charge in [-0.2, -0.15) is 0 Å². The minimum Gasteiger partial charge on any atom is -0.361 e. The first-order chi connectivity index (χ1) is 24.7. The highest BCUT2D eigenvalue weighted by Crippen LogP contribution is 2.54. The molecule has 10 unspecified atom stereocenters. The lowest BCUT2D eigenvalue weighted by atomic mass is 9.58. The fraction of sp³-hybridized carbons (Fsp3) is 0.404. The predicted molar refractivity (Wildman–Crippen MR) is 208 cm³/mol. The number of rotatable bonds is 6. The van der Waals surface area contributed by atoms with Crippen molar-refractivity contribution in [2.45, 2.75) is 82.0 Å². The van der Waals surface area contributed by atoms with Gasteiger partial charge in [0.25, 0.3) is 0 Å². The average molecular weight is 660 g/mol. The van der Waals surface area contributed by atoms with Crippen molar-refractivity contribution in [3.05, 3.63) is 162 Å². The van der Waals surface area contributed by atoms with Gasteiger partial charge in [-0.25, -0.2) is 0 Å². The molecule has 1 aromatic carbocycles. The maximum atomic E-state index is 4.90. The Labute approximate surface area is 299 Å². The van der Waals surface area contributed by atoms with E-state index in [1.807, 2.05) is 0 Å². The summed E-state index contributed by atoms with van der Waals surface area (Å²) in [4.78, 5) is 3.82. The van der Waals surface area contributed by atoms with Gasteiger partial charge in [-0.15, -0.1) is 0 Å². The van der Waals surface area contributed by atoms with Crippen molar-refractivity contribution < 1.29 is 0 Å². The lowest BCUT2D eigenvalue weighted by Crippen LogP contribution is -2.59. The Morgan fingerprint density at radius 2 is 1.56 bits per heavy atom. The molecule has 9 rings (SSSR count). The van der Waals surface area contributed by atoms with E-state index in [1.165, 1.54) is 60.9 Å². The largest absolute Gasteiger partial charge is 0.361 e. The van der Waals surface area contributed by atoms with Gasteiger partial charge in [0.1, 0.15) is 0 Å². The van der Waals surface area contributed by atoms with Crippen LogP contribution in [0.2, 0.25) is 0 Å². The highest BCUT2D eigenvalue weighted by molar-refractivity contribution is 5.70. The SMILES string of the molecule is C=C1C(C2C=CC=CC2)NC(c2ccccc2)NC1C1CC=C(c2[nH]ccc2C2C=CC=CC2)C(C2CC3C=CCCC3C3=C2C=CCC3)C1. The van der Waals surface area contributed by atoms with Gasteiger partial charge < -0.3 is 4.98 Å². The van der Waals surface area contributed by atoms with Gasteiger partial charge in [-0.1, -0.05) is 121 Å². The van der Waals surface area contributed by atoms with Crippen molar-refractivity contribution in [1.29, 1.82) is 0 Å². The number of aromatic nitrogens is 1. The quantitative estimate of drug-likeness (QED) is 0.270. The molecule has 1 aliphatic heterocycles. The second-order valence-corrected chi connectivity index (χ2v) is 15.9.